The molecular weight excluding hydrogens is 371 g/mol. The van der Waals surface area contributed by atoms with Gasteiger partial charge in [-0.3, -0.25) is 4.79 Å². The second-order valence-corrected chi connectivity index (χ2v) is 6.36. The number of hydrogen-bond acceptors (Lipinski definition) is 3. The van der Waals surface area contributed by atoms with Crippen molar-refractivity contribution in [3.05, 3.63) is 55.3 Å². The Balaban J connectivity index is 2.13. The topological polar surface area (TPSA) is 45.8 Å². The SMILES string of the molecule is CCc1nc(CSc2ccc(C)cc2)[nH]c(=O)c1I. The summed E-state index contributed by atoms with van der Waals surface area (Å²) in [6.45, 7) is 4.08. The molecular formula is C14H15IN2OS. The number of thioether (sulfide) groups is 1. The van der Waals surface area contributed by atoms with E-state index in [4.69, 9.17) is 0 Å². The fourth-order valence-electron chi connectivity index (χ4n) is 1.65. The molecule has 19 heavy (non-hydrogen) atoms. The maximum Gasteiger partial charge on any atom is 0.264 e. The van der Waals surface area contributed by atoms with E-state index in [0.717, 1.165) is 17.9 Å². The number of rotatable bonds is 4. The molecule has 5 heteroatoms. The van der Waals surface area contributed by atoms with E-state index < -0.39 is 0 Å². The zero-order valence-electron chi connectivity index (χ0n) is 10.9. The van der Waals surface area contributed by atoms with Gasteiger partial charge in [-0.15, -0.1) is 11.8 Å². The zero-order valence-corrected chi connectivity index (χ0v) is 13.8. The molecule has 2 rings (SSSR count). The summed E-state index contributed by atoms with van der Waals surface area (Å²) < 4.78 is 0.698. The molecule has 0 spiro atoms. The molecule has 1 heterocycles. The van der Waals surface area contributed by atoms with E-state index in [2.05, 4.69) is 63.7 Å². The molecule has 0 atom stereocenters. The third-order valence-corrected chi connectivity index (χ3v) is 4.85. The molecule has 0 fully saturated rings. The first-order chi connectivity index (χ1) is 9.10. The maximum absolute atomic E-state index is 11.8. The first kappa shape index (κ1) is 14.6. The van der Waals surface area contributed by atoms with Gasteiger partial charge < -0.3 is 4.98 Å². The van der Waals surface area contributed by atoms with Crippen molar-refractivity contribution in [1.82, 2.24) is 9.97 Å². The average Bonchev–Trinajstić information content (AvgIpc) is 2.41. The second-order valence-electron chi connectivity index (χ2n) is 4.23. The van der Waals surface area contributed by atoms with Crippen LogP contribution in [0.15, 0.2) is 34.0 Å². The Labute approximate surface area is 130 Å². The number of nitrogens with zero attached hydrogens (tertiary/aromatic N) is 1. The van der Waals surface area contributed by atoms with E-state index in [9.17, 15) is 4.79 Å². The number of halogens is 1. The van der Waals surface area contributed by atoms with Crippen LogP contribution < -0.4 is 5.56 Å². The number of benzene rings is 1. The van der Waals surface area contributed by atoms with Crippen molar-refractivity contribution in [2.45, 2.75) is 30.9 Å². The minimum Gasteiger partial charge on any atom is -0.309 e. The molecule has 1 N–H and O–H groups in total. The van der Waals surface area contributed by atoms with Gasteiger partial charge in [0.05, 0.1) is 15.0 Å². The van der Waals surface area contributed by atoms with Gasteiger partial charge in [0.2, 0.25) is 0 Å². The standard InChI is InChI=1S/C14H15IN2OS/c1-3-11-13(15)14(18)17-12(16-11)8-19-10-6-4-9(2)5-7-10/h4-7H,3,8H2,1-2H3,(H,16,17,18). The van der Waals surface area contributed by atoms with Crippen molar-refractivity contribution in [2.75, 3.05) is 0 Å². The minimum absolute atomic E-state index is 0.0352. The summed E-state index contributed by atoms with van der Waals surface area (Å²) in [6.07, 6.45) is 0.782. The molecule has 0 radical (unpaired) electrons. The highest BCUT2D eigenvalue weighted by Gasteiger charge is 2.07. The third kappa shape index (κ3) is 3.82. The molecule has 0 bridgehead atoms. The smallest absolute Gasteiger partial charge is 0.264 e. The van der Waals surface area contributed by atoms with Crippen LogP contribution in [0.5, 0.6) is 0 Å². The largest absolute Gasteiger partial charge is 0.309 e. The van der Waals surface area contributed by atoms with Crippen molar-refractivity contribution in [2.24, 2.45) is 0 Å². The van der Waals surface area contributed by atoms with Crippen LogP contribution in [0.3, 0.4) is 0 Å². The fraction of sp³-hybridized carbons (Fsp3) is 0.286. The second kappa shape index (κ2) is 6.56. The predicted molar refractivity (Wildman–Crippen MR) is 87.7 cm³/mol. The van der Waals surface area contributed by atoms with Crippen LogP contribution in [0, 0.1) is 10.5 Å². The Bertz CT molecular complexity index is 622. The Morgan fingerprint density at radius 1 is 1.32 bits per heavy atom. The lowest BCUT2D eigenvalue weighted by molar-refractivity contribution is 0.905. The summed E-state index contributed by atoms with van der Waals surface area (Å²) in [6, 6.07) is 8.35. The summed E-state index contributed by atoms with van der Waals surface area (Å²) in [5.74, 6) is 1.43. The summed E-state index contributed by atoms with van der Waals surface area (Å²) in [5.41, 5.74) is 2.09. The van der Waals surface area contributed by atoms with Crippen LogP contribution in [0.1, 0.15) is 24.0 Å². The number of aromatic nitrogens is 2. The highest BCUT2D eigenvalue weighted by atomic mass is 127. The van der Waals surface area contributed by atoms with E-state index in [-0.39, 0.29) is 5.56 Å². The Morgan fingerprint density at radius 3 is 2.63 bits per heavy atom. The van der Waals surface area contributed by atoms with Gasteiger partial charge in [-0.25, -0.2) is 4.98 Å². The summed E-state index contributed by atoms with van der Waals surface area (Å²) in [4.78, 5) is 20.3. The normalized spacial score (nSPS) is 10.7. The molecule has 0 unspecified atom stereocenters. The summed E-state index contributed by atoms with van der Waals surface area (Å²) >= 11 is 3.73. The number of hydrogen-bond donors (Lipinski definition) is 1. The maximum atomic E-state index is 11.8. The lowest BCUT2D eigenvalue weighted by atomic mass is 10.2. The zero-order chi connectivity index (χ0) is 13.8. The summed E-state index contributed by atoms with van der Waals surface area (Å²) in [5, 5.41) is 0. The Morgan fingerprint density at radius 2 is 2.00 bits per heavy atom. The van der Waals surface area contributed by atoms with Gasteiger partial charge in [0, 0.05) is 4.90 Å². The van der Waals surface area contributed by atoms with Crippen LogP contribution in [-0.4, -0.2) is 9.97 Å². The van der Waals surface area contributed by atoms with Crippen LogP contribution >= 0.6 is 34.4 Å². The van der Waals surface area contributed by atoms with Crippen molar-refractivity contribution in [1.29, 1.82) is 0 Å². The highest BCUT2D eigenvalue weighted by Crippen LogP contribution is 2.21. The number of nitrogens with one attached hydrogen (secondary N) is 1. The quantitative estimate of drug-likeness (QED) is 0.646. The van der Waals surface area contributed by atoms with Crippen molar-refractivity contribution in [3.63, 3.8) is 0 Å². The molecule has 0 aliphatic heterocycles. The van der Waals surface area contributed by atoms with Crippen LogP contribution in [0.4, 0.5) is 0 Å². The average molecular weight is 386 g/mol. The molecule has 0 saturated heterocycles. The van der Waals surface area contributed by atoms with Gasteiger partial charge in [0.25, 0.3) is 5.56 Å². The van der Waals surface area contributed by atoms with Crippen LogP contribution in [0.2, 0.25) is 0 Å². The number of H-pyrrole nitrogens is 1. The predicted octanol–water partition coefficient (Wildman–Crippen LogP) is 3.54. The molecule has 0 amide bonds. The molecule has 1 aromatic carbocycles. The van der Waals surface area contributed by atoms with Crippen molar-refractivity contribution < 1.29 is 0 Å². The highest BCUT2D eigenvalue weighted by molar-refractivity contribution is 14.1. The van der Waals surface area contributed by atoms with Gasteiger partial charge in [-0.2, -0.15) is 0 Å². The molecule has 1 aromatic heterocycles. The lowest BCUT2D eigenvalue weighted by Gasteiger charge is -2.05. The molecule has 0 saturated carbocycles. The van der Waals surface area contributed by atoms with E-state index in [1.165, 1.54) is 10.5 Å². The number of aromatic amines is 1. The molecule has 100 valence electrons. The van der Waals surface area contributed by atoms with E-state index in [0.29, 0.717) is 9.32 Å². The summed E-state index contributed by atoms with van der Waals surface area (Å²) in [7, 11) is 0. The van der Waals surface area contributed by atoms with Crippen LogP contribution in [0.25, 0.3) is 0 Å². The van der Waals surface area contributed by atoms with Gasteiger partial charge >= 0.3 is 0 Å². The molecule has 0 aliphatic carbocycles. The third-order valence-electron chi connectivity index (χ3n) is 2.71. The van der Waals surface area contributed by atoms with Crippen LogP contribution in [-0.2, 0) is 12.2 Å². The van der Waals surface area contributed by atoms with Crippen molar-refractivity contribution >= 4 is 34.4 Å². The first-order valence-corrected chi connectivity index (χ1v) is 8.13. The van der Waals surface area contributed by atoms with Gasteiger partial charge in [0.15, 0.2) is 0 Å². The van der Waals surface area contributed by atoms with Gasteiger partial charge in [-0.05, 0) is 48.1 Å². The molecule has 0 aliphatic rings. The van der Waals surface area contributed by atoms with Crippen molar-refractivity contribution in [3.8, 4) is 0 Å². The lowest BCUT2D eigenvalue weighted by Crippen LogP contribution is -2.17. The first-order valence-electron chi connectivity index (χ1n) is 6.07. The minimum atomic E-state index is -0.0352. The van der Waals surface area contributed by atoms with Gasteiger partial charge in [0.1, 0.15) is 5.82 Å². The molecule has 3 nitrogen and oxygen atoms in total. The van der Waals surface area contributed by atoms with E-state index in [1.807, 2.05) is 6.92 Å². The fourth-order valence-corrected chi connectivity index (χ4v) is 3.05. The number of aryl methyl sites for hydroxylation is 2. The molecule has 2 aromatic rings. The van der Waals surface area contributed by atoms with E-state index >= 15 is 0 Å². The Kier molecular flexibility index (Phi) is 5.04. The van der Waals surface area contributed by atoms with Gasteiger partial charge in [-0.1, -0.05) is 24.6 Å². The van der Waals surface area contributed by atoms with E-state index in [1.54, 1.807) is 11.8 Å². The monoisotopic (exact) mass is 386 g/mol. The Hall–Kier alpha value is -0.820.